The highest BCUT2D eigenvalue weighted by atomic mass is 32.1. The largest absolute Gasteiger partial charge is 0.481 e. The molecule has 0 atom stereocenters. The maximum Gasteiger partial charge on any atom is 0.306 e. The first kappa shape index (κ1) is 16.9. The van der Waals surface area contributed by atoms with E-state index in [1.807, 2.05) is 25.3 Å². The zero-order chi connectivity index (χ0) is 17.3. The molecule has 128 valence electrons. The number of thiazole rings is 1. The van der Waals surface area contributed by atoms with Crippen molar-refractivity contribution >= 4 is 23.0 Å². The van der Waals surface area contributed by atoms with Crippen molar-refractivity contribution in [1.82, 2.24) is 4.98 Å². The first-order valence-electron chi connectivity index (χ1n) is 8.12. The summed E-state index contributed by atoms with van der Waals surface area (Å²) in [7, 11) is 0. The third-order valence-corrected chi connectivity index (χ3v) is 5.73. The molecule has 2 aromatic rings. The predicted molar refractivity (Wildman–Crippen MR) is 94.9 cm³/mol. The van der Waals surface area contributed by atoms with Crippen LogP contribution in [-0.4, -0.2) is 26.8 Å². The molecule has 1 aromatic carbocycles. The van der Waals surface area contributed by atoms with Crippen LogP contribution in [0.3, 0.4) is 0 Å². The molecule has 3 rings (SSSR count). The van der Waals surface area contributed by atoms with Gasteiger partial charge in [0, 0.05) is 18.3 Å². The highest BCUT2D eigenvalue weighted by molar-refractivity contribution is 7.15. The third kappa shape index (κ3) is 3.76. The van der Waals surface area contributed by atoms with Crippen LogP contribution in [0.25, 0.3) is 10.4 Å². The lowest BCUT2D eigenvalue weighted by Gasteiger charge is -2.34. The van der Waals surface area contributed by atoms with E-state index in [4.69, 9.17) is 10.8 Å². The molecule has 6 heteroatoms. The van der Waals surface area contributed by atoms with E-state index in [2.05, 4.69) is 11.1 Å². The predicted octanol–water partition coefficient (Wildman–Crippen LogP) is 3.25. The fourth-order valence-corrected chi connectivity index (χ4v) is 4.38. The summed E-state index contributed by atoms with van der Waals surface area (Å²) in [5.41, 5.74) is 7.94. The number of nitrogen functional groups attached to an aromatic ring is 1. The summed E-state index contributed by atoms with van der Waals surface area (Å²) < 4.78 is 0. The van der Waals surface area contributed by atoms with Gasteiger partial charge in [-0.1, -0.05) is 6.07 Å². The Balaban J connectivity index is 1.71. The summed E-state index contributed by atoms with van der Waals surface area (Å²) in [6, 6.07) is 5.92. The minimum Gasteiger partial charge on any atom is -0.481 e. The molecule has 0 unspecified atom stereocenters. The third-order valence-electron chi connectivity index (χ3n) is 4.68. The highest BCUT2D eigenvalue weighted by Gasteiger charge is 2.36. The van der Waals surface area contributed by atoms with E-state index in [0.717, 1.165) is 26.7 Å². The molecule has 1 heterocycles. The lowest BCUT2D eigenvalue weighted by molar-refractivity contribution is -0.144. The van der Waals surface area contributed by atoms with Gasteiger partial charge in [0.25, 0.3) is 0 Å². The molecular weight excluding hydrogens is 324 g/mol. The Hall–Kier alpha value is -1.92. The summed E-state index contributed by atoms with van der Waals surface area (Å²) in [5.74, 6) is -1.09. The Kier molecular flexibility index (Phi) is 4.60. The van der Waals surface area contributed by atoms with Crippen LogP contribution in [-0.2, 0) is 11.2 Å². The molecule has 0 saturated heterocycles. The van der Waals surface area contributed by atoms with Gasteiger partial charge in [0.1, 0.15) is 0 Å². The molecule has 1 aliphatic rings. The van der Waals surface area contributed by atoms with Gasteiger partial charge in [0.15, 0.2) is 0 Å². The Labute approximate surface area is 145 Å². The number of aliphatic hydroxyl groups is 1. The number of anilines is 1. The van der Waals surface area contributed by atoms with Crippen molar-refractivity contribution in [1.29, 1.82) is 0 Å². The topological polar surface area (TPSA) is 96.4 Å². The Morgan fingerprint density at radius 1 is 1.38 bits per heavy atom. The molecule has 1 aliphatic carbocycles. The van der Waals surface area contributed by atoms with Gasteiger partial charge in [-0.3, -0.25) is 4.79 Å². The molecule has 0 bridgehead atoms. The number of rotatable bonds is 4. The Bertz CT molecular complexity index is 728. The number of carboxylic acid groups (broad SMARTS) is 1. The molecule has 0 spiro atoms. The number of nitrogens with zero attached hydrogens (tertiary/aromatic N) is 1. The molecule has 1 saturated carbocycles. The minimum atomic E-state index is -0.841. The van der Waals surface area contributed by atoms with Crippen molar-refractivity contribution in [3.63, 3.8) is 0 Å². The number of hydrogen-bond donors (Lipinski definition) is 3. The Morgan fingerprint density at radius 2 is 2.08 bits per heavy atom. The molecule has 1 fully saturated rings. The smallest absolute Gasteiger partial charge is 0.306 e. The van der Waals surface area contributed by atoms with Crippen molar-refractivity contribution in [2.24, 2.45) is 5.92 Å². The second kappa shape index (κ2) is 6.53. The van der Waals surface area contributed by atoms with Gasteiger partial charge >= 0.3 is 5.97 Å². The highest BCUT2D eigenvalue weighted by Crippen LogP contribution is 2.37. The van der Waals surface area contributed by atoms with Gasteiger partial charge in [-0.25, -0.2) is 4.98 Å². The van der Waals surface area contributed by atoms with Crippen molar-refractivity contribution in [2.45, 2.75) is 44.6 Å². The fourth-order valence-electron chi connectivity index (χ4n) is 3.34. The summed E-state index contributed by atoms with van der Waals surface area (Å²) in [5, 5.41) is 20.7. The van der Waals surface area contributed by atoms with Gasteiger partial charge in [-0.15, -0.1) is 11.3 Å². The monoisotopic (exact) mass is 346 g/mol. The van der Waals surface area contributed by atoms with E-state index in [1.165, 1.54) is 0 Å². The average molecular weight is 346 g/mol. The van der Waals surface area contributed by atoms with Crippen LogP contribution in [0.5, 0.6) is 0 Å². The van der Waals surface area contributed by atoms with Crippen LogP contribution in [0.1, 0.15) is 36.3 Å². The number of aliphatic carboxylic acids is 1. The van der Waals surface area contributed by atoms with Crippen LogP contribution >= 0.6 is 11.3 Å². The first-order chi connectivity index (χ1) is 11.3. The molecule has 4 N–H and O–H groups in total. The maximum absolute atomic E-state index is 11.0. The molecule has 0 radical (unpaired) electrons. The lowest BCUT2D eigenvalue weighted by Crippen LogP contribution is -2.37. The summed E-state index contributed by atoms with van der Waals surface area (Å²) in [6.45, 7) is 2.01. The quantitative estimate of drug-likeness (QED) is 0.739. The van der Waals surface area contributed by atoms with Crippen molar-refractivity contribution in [2.75, 3.05) is 5.73 Å². The number of carboxylic acids is 1. The zero-order valence-corrected chi connectivity index (χ0v) is 14.5. The minimum absolute atomic E-state index is 0.326. The molecule has 5 nitrogen and oxygen atoms in total. The van der Waals surface area contributed by atoms with E-state index in [1.54, 1.807) is 11.3 Å². The Morgan fingerprint density at radius 3 is 2.71 bits per heavy atom. The number of aryl methyl sites for hydroxylation is 1. The van der Waals surface area contributed by atoms with E-state index >= 15 is 0 Å². The standard InChI is InChI=1S/C18H22N2O3S/c1-11-6-13(8-14(19)7-11)15-10-20-16(24-15)9-18(23)4-2-12(3-5-18)17(21)22/h6-8,10,12,23H,2-5,9,19H2,1H3,(H,21,22). The van der Waals surface area contributed by atoms with Crippen LogP contribution in [0.4, 0.5) is 5.69 Å². The van der Waals surface area contributed by atoms with E-state index in [-0.39, 0.29) is 5.92 Å². The van der Waals surface area contributed by atoms with Gasteiger partial charge < -0.3 is 15.9 Å². The van der Waals surface area contributed by atoms with Gasteiger partial charge in [-0.05, 0) is 55.9 Å². The lowest BCUT2D eigenvalue weighted by atomic mass is 9.77. The van der Waals surface area contributed by atoms with E-state index in [9.17, 15) is 9.90 Å². The van der Waals surface area contributed by atoms with E-state index < -0.39 is 11.6 Å². The van der Waals surface area contributed by atoms with Gasteiger partial charge in [0.05, 0.1) is 21.4 Å². The van der Waals surface area contributed by atoms with Gasteiger partial charge in [0.2, 0.25) is 0 Å². The number of hydrogen-bond acceptors (Lipinski definition) is 5. The van der Waals surface area contributed by atoms with E-state index in [0.29, 0.717) is 32.1 Å². The van der Waals surface area contributed by atoms with Crippen LogP contribution in [0.2, 0.25) is 0 Å². The van der Waals surface area contributed by atoms with Crippen molar-refractivity contribution in [3.8, 4) is 10.4 Å². The summed E-state index contributed by atoms with van der Waals surface area (Å²) in [6.07, 6.45) is 4.37. The number of aromatic nitrogens is 1. The molecule has 0 amide bonds. The molecule has 1 aromatic heterocycles. The number of nitrogens with two attached hydrogens (primary N) is 1. The molecule has 24 heavy (non-hydrogen) atoms. The van der Waals surface area contributed by atoms with Crippen molar-refractivity contribution in [3.05, 3.63) is 35.0 Å². The normalized spacial score (nSPS) is 24.0. The SMILES string of the molecule is Cc1cc(N)cc(-c2cnc(CC3(O)CCC(C(=O)O)CC3)s2)c1. The van der Waals surface area contributed by atoms with Gasteiger partial charge in [-0.2, -0.15) is 0 Å². The first-order valence-corrected chi connectivity index (χ1v) is 8.94. The van der Waals surface area contributed by atoms with Crippen LogP contribution in [0, 0.1) is 12.8 Å². The number of carbonyl (C=O) groups is 1. The van der Waals surface area contributed by atoms with Crippen LogP contribution in [0.15, 0.2) is 24.4 Å². The second-order valence-corrected chi connectivity index (χ2v) is 7.88. The maximum atomic E-state index is 11.0. The van der Waals surface area contributed by atoms with Crippen LogP contribution < -0.4 is 5.73 Å². The zero-order valence-electron chi connectivity index (χ0n) is 13.7. The molecular formula is C18H22N2O3S. The van der Waals surface area contributed by atoms with Crippen molar-refractivity contribution < 1.29 is 15.0 Å². The average Bonchev–Trinajstić information content (AvgIpc) is 2.94. The fraction of sp³-hybridized carbons (Fsp3) is 0.444. The number of benzene rings is 1. The summed E-state index contributed by atoms with van der Waals surface area (Å²) in [4.78, 5) is 16.5. The summed E-state index contributed by atoms with van der Waals surface area (Å²) >= 11 is 1.56. The second-order valence-electron chi connectivity index (χ2n) is 6.76. The molecule has 0 aliphatic heterocycles.